The third kappa shape index (κ3) is 2.09. The van der Waals surface area contributed by atoms with Crippen LogP contribution in [0.3, 0.4) is 0 Å². The molecule has 1 aromatic rings. The molecular formula is C9H13F2N3. The Labute approximate surface area is 80.9 Å². The quantitative estimate of drug-likeness (QED) is 0.799. The molecule has 1 saturated carbocycles. The van der Waals surface area contributed by atoms with E-state index < -0.39 is 19.0 Å². The smallest absolute Gasteiger partial charge is 0.279 e. The van der Waals surface area contributed by atoms with E-state index in [4.69, 9.17) is 5.73 Å². The van der Waals surface area contributed by atoms with Crippen molar-refractivity contribution in [3.8, 4) is 0 Å². The van der Waals surface area contributed by atoms with Crippen LogP contribution in [0.2, 0.25) is 0 Å². The molecular weight excluding hydrogens is 188 g/mol. The predicted octanol–water partition coefficient (Wildman–Crippen LogP) is 1.35. The highest BCUT2D eigenvalue weighted by Gasteiger charge is 2.29. The molecule has 78 valence electrons. The second-order valence-electron chi connectivity index (χ2n) is 3.81. The average Bonchev–Trinajstić information content (AvgIpc) is 2.89. The Hall–Kier alpha value is -0.970. The van der Waals surface area contributed by atoms with Crippen molar-refractivity contribution in [2.24, 2.45) is 5.73 Å². The summed E-state index contributed by atoms with van der Waals surface area (Å²) < 4.78 is 27.0. The number of hydrogen-bond donors (Lipinski definition) is 1. The number of halogens is 2. The Balaban J connectivity index is 2.02. The number of aromatic nitrogens is 2. The molecule has 0 amide bonds. The van der Waals surface area contributed by atoms with Crippen molar-refractivity contribution in [3.63, 3.8) is 0 Å². The van der Waals surface area contributed by atoms with E-state index in [1.165, 1.54) is 4.68 Å². The predicted molar refractivity (Wildman–Crippen MR) is 48.2 cm³/mol. The molecule has 2 rings (SSSR count). The van der Waals surface area contributed by atoms with Crippen molar-refractivity contribution < 1.29 is 8.78 Å². The molecule has 0 aromatic carbocycles. The third-order valence-corrected chi connectivity index (χ3v) is 2.39. The van der Waals surface area contributed by atoms with Crippen LogP contribution in [0.4, 0.5) is 8.78 Å². The van der Waals surface area contributed by atoms with Gasteiger partial charge in [0.15, 0.2) is 0 Å². The Morgan fingerprint density at radius 2 is 2.29 bits per heavy atom. The molecule has 0 saturated heterocycles. The fourth-order valence-electron chi connectivity index (χ4n) is 1.40. The molecule has 14 heavy (non-hydrogen) atoms. The second-order valence-corrected chi connectivity index (χ2v) is 3.81. The van der Waals surface area contributed by atoms with Gasteiger partial charge in [-0.3, -0.25) is 4.68 Å². The molecule has 3 nitrogen and oxygen atoms in total. The number of rotatable bonds is 4. The summed E-state index contributed by atoms with van der Waals surface area (Å²) in [4.78, 5) is 0. The summed E-state index contributed by atoms with van der Waals surface area (Å²) in [7, 11) is 0. The minimum Gasteiger partial charge on any atom is -0.325 e. The van der Waals surface area contributed by atoms with E-state index >= 15 is 0 Å². The van der Waals surface area contributed by atoms with Crippen molar-refractivity contribution >= 4 is 0 Å². The van der Waals surface area contributed by atoms with Crippen LogP contribution in [0.25, 0.3) is 0 Å². The maximum atomic E-state index is 12.9. The lowest BCUT2D eigenvalue weighted by atomic mass is 10.2. The number of nitrogens with zero attached hydrogens (tertiary/aromatic N) is 2. The molecule has 0 radical (unpaired) electrons. The largest absolute Gasteiger partial charge is 0.325 e. The summed E-state index contributed by atoms with van der Waals surface area (Å²) in [5.41, 5.74) is 6.01. The number of nitrogens with two attached hydrogens (primary N) is 1. The van der Waals surface area contributed by atoms with Gasteiger partial charge in [-0.15, -0.1) is 0 Å². The highest BCUT2D eigenvalue weighted by Crippen LogP contribution is 2.39. The average molecular weight is 201 g/mol. The normalized spacial score (nSPS) is 17.4. The first-order valence-corrected chi connectivity index (χ1v) is 4.71. The molecule has 0 unspecified atom stereocenters. The van der Waals surface area contributed by atoms with Crippen molar-refractivity contribution in [1.29, 1.82) is 0 Å². The molecule has 1 heterocycles. The van der Waals surface area contributed by atoms with Gasteiger partial charge in [-0.1, -0.05) is 0 Å². The summed E-state index contributed by atoms with van der Waals surface area (Å²) in [5.74, 6) is -2.30. The minimum atomic E-state index is -2.85. The van der Waals surface area contributed by atoms with E-state index in [0.717, 1.165) is 18.4 Å². The highest BCUT2D eigenvalue weighted by molar-refractivity contribution is 5.16. The minimum absolute atomic E-state index is 0.420. The van der Waals surface area contributed by atoms with Crippen molar-refractivity contribution in [1.82, 2.24) is 9.78 Å². The van der Waals surface area contributed by atoms with Crippen molar-refractivity contribution in [3.05, 3.63) is 18.0 Å². The second kappa shape index (κ2) is 3.31. The molecule has 0 aliphatic heterocycles. The Bertz CT molecular complexity index is 318. The maximum Gasteiger partial charge on any atom is 0.279 e. The van der Waals surface area contributed by atoms with Gasteiger partial charge in [0, 0.05) is 6.20 Å². The maximum absolute atomic E-state index is 12.9. The van der Waals surface area contributed by atoms with E-state index in [9.17, 15) is 8.78 Å². The van der Waals surface area contributed by atoms with Crippen LogP contribution < -0.4 is 5.73 Å². The third-order valence-electron chi connectivity index (χ3n) is 2.39. The summed E-state index contributed by atoms with van der Waals surface area (Å²) in [6.45, 7) is -1.05. The van der Waals surface area contributed by atoms with Gasteiger partial charge in [0.25, 0.3) is 5.92 Å². The summed E-state index contributed by atoms with van der Waals surface area (Å²) in [6, 6.07) is 0. The van der Waals surface area contributed by atoms with Gasteiger partial charge in [0.2, 0.25) is 0 Å². The molecule has 2 N–H and O–H groups in total. The van der Waals surface area contributed by atoms with Gasteiger partial charge in [0.1, 0.15) is 6.54 Å². The lowest BCUT2D eigenvalue weighted by Gasteiger charge is -2.12. The van der Waals surface area contributed by atoms with Crippen LogP contribution in [0, 0.1) is 0 Å². The molecule has 5 heteroatoms. The monoisotopic (exact) mass is 201 g/mol. The lowest BCUT2D eigenvalue weighted by molar-refractivity contribution is -0.00980. The Kier molecular flexibility index (Phi) is 2.26. The SMILES string of the molecule is NCC(F)(F)Cn1cc(C2CC2)cn1. The first kappa shape index (κ1) is 9.58. The number of hydrogen-bond acceptors (Lipinski definition) is 2. The fraction of sp³-hybridized carbons (Fsp3) is 0.667. The van der Waals surface area contributed by atoms with Crippen LogP contribution in [0.15, 0.2) is 12.4 Å². The van der Waals surface area contributed by atoms with Gasteiger partial charge >= 0.3 is 0 Å². The topological polar surface area (TPSA) is 43.8 Å². The van der Waals surface area contributed by atoms with Crippen LogP contribution in [-0.2, 0) is 6.54 Å². The van der Waals surface area contributed by atoms with E-state index in [1.54, 1.807) is 12.4 Å². The molecule has 0 atom stereocenters. The first-order valence-electron chi connectivity index (χ1n) is 4.71. The van der Waals surface area contributed by atoms with Crippen LogP contribution in [-0.4, -0.2) is 22.2 Å². The Morgan fingerprint density at radius 1 is 1.57 bits per heavy atom. The lowest BCUT2D eigenvalue weighted by Crippen LogP contribution is -2.32. The van der Waals surface area contributed by atoms with Crippen LogP contribution in [0.5, 0.6) is 0 Å². The highest BCUT2D eigenvalue weighted by atomic mass is 19.3. The molecule has 1 fully saturated rings. The van der Waals surface area contributed by atoms with Crippen molar-refractivity contribution in [2.45, 2.75) is 31.2 Å². The fourth-order valence-corrected chi connectivity index (χ4v) is 1.40. The van der Waals surface area contributed by atoms with E-state index in [2.05, 4.69) is 5.10 Å². The zero-order chi connectivity index (χ0) is 10.2. The first-order chi connectivity index (χ1) is 6.61. The zero-order valence-electron chi connectivity index (χ0n) is 7.79. The zero-order valence-corrected chi connectivity index (χ0v) is 7.79. The van der Waals surface area contributed by atoms with Gasteiger partial charge < -0.3 is 5.73 Å². The molecule has 1 aliphatic carbocycles. The van der Waals surface area contributed by atoms with Crippen molar-refractivity contribution in [2.75, 3.05) is 6.54 Å². The Morgan fingerprint density at radius 3 is 2.86 bits per heavy atom. The van der Waals surface area contributed by atoms with E-state index in [0.29, 0.717) is 5.92 Å². The summed E-state index contributed by atoms with van der Waals surface area (Å²) in [5, 5.41) is 3.89. The summed E-state index contributed by atoms with van der Waals surface area (Å²) >= 11 is 0. The molecule has 0 spiro atoms. The van der Waals surface area contributed by atoms with E-state index in [1.807, 2.05) is 0 Å². The van der Waals surface area contributed by atoms with Gasteiger partial charge in [-0.25, -0.2) is 8.78 Å². The van der Waals surface area contributed by atoms with Crippen LogP contribution in [0.1, 0.15) is 24.3 Å². The van der Waals surface area contributed by atoms with E-state index in [-0.39, 0.29) is 0 Å². The number of alkyl halides is 2. The molecule has 1 aromatic heterocycles. The molecule has 0 bridgehead atoms. The molecule has 1 aliphatic rings. The summed E-state index contributed by atoms with van der Waals surface area (Å²) in [6.07, 6.45) is 5.67. The van der Waals surface area contributed by atoms with Gasteiger partial charge in [-0.05, 0) is 24.3 Å². The van der Waals surface area contributed by atoms with Gasteiger partial charge in [0.05, 0.1) is 12.7 Å². The van der Waals surface area contributed by atoms with Gasteiger partial charge in [-0.2, -0.15) is 5.10 Å². The standard InChI is InChI=1S/C9H13F2N3/c10-9(11,5-12)6-14-4-8(3-13-14)7-1-2-7/h3-4,7H,1-2,5-6,12H2. The van der Waals surface area contributed by atoms with Crippen LogP contribution >= 0.6 is 0 Å².